The van der Waals surface area contributed by atoms with Crippen molar-refractivity contribution >= 4 is 5.69 Å². The summed E-state index contributed by atoms with van der Waals surface area (Å²) in [5, 5.41) is 0. The second-order valence-electron chi connectivity index (χ2n) is 3.90. The van der Waals surface area contributed by atoms with Crippen molar-refractivity contribution in [2.24, 2.45) is 5.73 Å². The summed E-state index contributed by atoms with van der Waals surface area (Å²) in [6.07, 6.45) is 4.05. The molecule has 4 nitrogen and oxygen atoms in total. The zero-order chi connectivity index (χ0) is 10.7. The van der Waals surface area contributed by atoms with Crippen LogP contribution in [0, 0.1) is 0 Å². The van der Waals surface area contributed by atoms with E-state index in [4.69, 9.17) is 10.5 Å². The maximum Gasteiger partial charge on any atom is 0.214 e. The minimum absolute atomic E-state index is 0.290. The lowest BCUT2D eigenvalue weighted by molar-refractivity contribution is 0.397. The normalized spacial score (nSPS) is 21.5. The van der Waals surface area contributed by atoms with Crippen LogP contribution in [0.15, 0.2) is 18.3 Å². The van der Waals surface area contributed by atoms with Crippen LogP contribution in [0.25, 0.3) is 0 Å². The zero-order valence-corrected chi connectivity index (χ0v) is 9.02. The van der Waals surface area contributed by atoms with E-state index in [2.05, 4.69) is 9.88 Å². The van der Waals surface area contributed by atoms with Gasteiger partial charge in [-0.25, -0.2) is 4.98 Å². The molecule has 0 amide bonds. The van der Waals surface area contributed by atoms with E-state index in [1.54, 1.807) is 13.3 Å². The molecule has 1 saturated heterocycles. The zero-order valence-electron chi connectivity index (χ0n) is 9.02. The molecule has 1 aliphatic heterocycles. The summed E-state index contributed by atoms with van der Waals surface area (Å²) in [5.41, 5.74) is 7.09. The van der Waals surface area contributed by atoms with Gasteiger partial charge < -0.3 is 15.4 Å². The maximum absolute atomic E-state index is 5.94. The number of hydrogen-bond donors (Lipinski definition) is 1. The number of pyridine rings is 1. The van der Waals surface area contributed by atoms with E-state index in [1.165, 1.54) is 0 Å². The van der Waals surface area contributed by atoms with Crippen molar-refractivity contribution in [3.8, 4) is 5.88 Å². The van der Waals surface area contributed by atoms with Crippen molar-refractivity contribution in [1.82, 2.24) is 4.98 Å². The third-order valence-corrected chi connectivity index (χ3v) is 2.75. The number of nitrogens with zero attached hydrogens (tertiary/aromatic N) is 2. The molecule has 1 unspecified atom stereocenters. The Kier molecular flexibility index (Phi) is 3.06. The molecule has 1 aromatic heterocycles. The van der Waals surface area contributed by atoms with Gasteiger partial charge in [0.05, 0.1) is 7.11 Å². The minimum atomic E-state index is 0.290. The molecule has 15 heavy (non-hydrogen) atoms. The second kappa shape index (κ2) is 4.49. The first-order valence-corrected chi connectivity index (χ1v) is 5.30. The highest BCUT2D eigenvalue weighted by atomic mass is 16.5. The van der Waals surface area contributed by atoms with Crippen molar-refractivity contribution in [2.45, 2.75) is 18.9 Å². The number of ether oxygens (including phenoxy) is 1. The fraction of sp³-hybridized carbons (Fsp3) is 0.545. The third kappa shape index (κ3) is 2.39. The molecule has 0 aliphatic carbocycles. The lowest BCUT2D eigenvalue weighted by atomic mass is 10.1. The molecule has 1 aromatic rings. The Balaban J connectivity index is 2.13. The van der Waals surface area contributed by atoms with Gasteiger partial charge >= 0.3 is 0 Å². The highest BCUT2D eigenvalue weighted by molar-refractivity contribution is 5.48. The standard InChI is InChI=1S/C11H17N3O/c1-15-11-7-10(4-5-13-11)14-6-2-3-9(12)8-14/h4-5,7,9H,2-3,6,8,12H2,1H3. The van der Waals surface area contributed by atoms with Crippen molar-refractivity contribution in [3.05, 3.63) is 18.3 Å². The van der Waals surface area contributed by atoms with Gasteiger partial charge in [0, 0.05) is 37.1 Å². The summed E-state index contributed by atoms with van der Waals surface area (Å²) in [6.45, 7) is 1.99. The van der Waals surface area contributed by atoms with Crippen LogP contribution < -0.4 is 15.4 Å². The van der Waals surface area contributed by atoms with Crippen molar-refractivity contribution in [3.63, 3.8) is 0 Å². The molecule has 0 aromatic carbocycles. The Hall–Kier alpha value is -1.29. The van der Waals surface area contributed by atoms with E-state index in [0.29, 0.717) is 5.88 Å². The molecular formula is C11H17N3O. The van der Waals surface area contributed by atoms with Crippen LogP contribution in [0.1, 0.15) is 12.8 Å². The number of hydrogen-bond acceptors (Lipinski definition) is 4. The number of rotatable bonds is 2. The van der Waals surface area contributed by atoms with E-state index >= 15 is 0 Å². The molecule has 1 fully saturated rings. The van der Waals surface area contributed by atoms with E-state index in [9.17, 15) is 0 Å². The van der Waals surface area contributed by atoms with E-state index in [1.807, 2.05) is 12.1 Å². The van der Waals surface area contributed by atoms with Crippen LogP contribution in [0.3, 0.4) is 0 Å². The van der Waals surface area contributed by atoms with Gasteiger partial charge in [0.15, 0.2) is 0 Å². The van der Waals surface area contributed by atoms with Gasteiger partial charge in [-0.3, -0.25) is 0 Å². The monoisotopic (exact) mass is 207 g/mol. The summed E-state index contributed by atoms with van der Waals surface area (Å²) in [7, 11) is 1.63. The first-order valence-electron chi connectivity index (χ1n) is 5.30. The molecule has 82 valence electrons. The Labute approximate surface area is 90.0 Å². The highest BCUT2D eigenvalue weighted by Gasteiger charge is 2.17. The largest absolute Gasteiger partial charge is 0.481 e. The number of anilines is 1. The average Bonchev–Trinajstić information content (AvgIpc) is 2.29. The van der Waals surface area contributed by atoms with Gasteiger partial charge in [-0.1, -0.05) is 0 Å². The molecule has 1 atom stereocenters. The molecule has 2 N–H and O–H groups in total. The molecule has 1 aliphatic rings. The Morgan fingerprint density at radius 3 is 3.20 bits per heavy atom. The van der Waals surface area contributed by atoms with Gasteiger partial charge in [0.25, 0.3) is 0 Å². The fourth-order valence-electron chi connectivity index (χ4n) is 1.95. The van der Waals surface area contributed by atoms with Crippen LogP contribution in [-0.2, 0) is 0 Å². The second-order valence-corrected chi connectivity index (χ2v) is 3.90. The Morgan fingerprint density at radius 2 is 2.47 bits per heavy atom. The molecular weight excluding hydrogens is 190 g/mol. The predicted octanol–water partition coefficient (Wildman–Crippen LogP) is 1.02. The molecule has 4 heteroatoms. The third-order valence-electron chi connectivity index (χ3n) is 2.75. The molecule has 0 radical (unpaired) electrons. The number of methoxy groups -OCH3 is 1. The maximum atomic E-state index is 5.94. The van der Waals surface area contributed by atoms with E-state index in [0.717, 1.165) is 31.6 Å². The molecule has 0 spiro atoms. The first-order chi connectivity index (χ1) is 7.29. The summed E-state index contributed by atoms with van der Waals surface area (Å²) in [5.74, 6) is 0.659. The van der Waals surface area contributed by atoms with Crippen LogP contribution in [0.4, 0.5) is 5.69 Å². The van der Waals surface area contributed by atoms with Gasteiger partial charge in [-0.15, -0.1) is 0 Å². The van der Waals surface area contributed by atoms with Crippen molar-refractivity contribution in [2.75, 3.05) is 25.1 Å². The van der Waals surface area contributed by atoms with Gasteiger partial charge in [-0.05, 0) is 18.9 Å². The molecule has 0 saturated carbocycles. The van der Waals surface area contributed by atoms with Crippen molar-refractivity contribution in [1.29, 1.82) is 0 Å². The average molecular weight is 207 g/mol. The number of piperidine rings is 1. The summed E-state index contributed by atoms with van der Waals surface area (Å²) in [4.78, 5) is 6.38. The summed E-state index contributed by atoms with van der Waals surface area (Å²) < 4.78 is 5.10. The van der Waals surface area contributed by atoms with Crippen LogP contribution in [0.2, 0.25) is 0 Å². The minimum Gasteiger partial charge on any atom is -0.481 e. The van der Waals surface area contributed by atoms with Crippen LogP contribution in [-0.4, -0.2) is 31.2 Å². The fourth-order valence-corrected chi connectivity index (χ4v) is 1.95. The number of aromatic nitrogens is 1. The highest BCUT2D eigenvalue weighted by Crippen LogP contribution is 2.21. The molecule has 2 heterocycles. The van der Waals surface area contributed by atoms with Gasteiger partial charge in [0.2, 0.25) is 5.88 Å². The van der Waals surface area contributed by atoms with Crippen LogP contribution >= 0.6 is 0 Å². The summed E-state index contributed by atoms with van der Waals surface area (Å²) >= 11 is 0. The Morgan fingerprint density at radius 1 is 1.60 bits per heavy atom. The smallest absolute Gasteiger partial charge is 0.214 e. The van der Waals surface area contributed by atoms with Gasteiger partial charge in [-0.2, -0.15) is 0 Å². The SMILES string of the molecule is COc1cc(N2CCCC(N)C2)ccn1. The summed E-state index contributed by atoms with van der Waals surface area (Å²) in [6, 6.07) is 4.25. The van der Waals surface area contributed by atoms with Crippen LogP contribution in [0.5, 0.6) is 5.88 Å². The van der Waals surface area contributed by atoms with Crippen molar-refractivity contribution < 1.29 is 4.74 Å². The first kappa shape index (κ1) is 10.2. The molecule has 2 rings (SSSR count). The lowest BCUT2D eigenvalue weighted by Crippen LogP contribution is -2.42. The quantitative estimate of drug-likeness (QED) is 0.786. The number of nitrogens with two attached hydrogens (primary N) is 1. The van der Waals surface area contributed by atoms with E-state index in [-0.39, 0.29) is 6.04 Å². The topological polar surface area (TPSA) is 51.4 Å². The van der Waals surface area contributed by atoms with E-state index < -0.39 is 0 Å². The lowest BCUT2D eigenvalue weighted by Gasteiger charge is -2.32. The Bertz CT molecular complexity index is 329. The van der Waals surface area contributed by atoms with Gasteiger partial charge in [0.1, 0.15) is 0 Å². The predicted molar refractivity (Wildman–Crippen MR) is 60.2 cm³/mol. The molecule has 0 bridgehead atoms.